The van der Waals surface area contributed by atoms with Gasteiger partial charge in [0.25, 0.3) is 0 Å². The first-order valence-corrected chi connectivity index (χ1v) is 8.11. The van der Waals surface area contributed by atoms with E-state index in [4.69, 9.17) is 33.9 Å². The molecule has 0 aromatic heterocycles. The van der Waals surface area contributed by atoms with Gasteiger partial charge in [-0.2, -0.15) is 0 Å². The molecule has 0 rings (SSSR count). The zero-order chi connectivity index (χ0) is 19.5. The molecule has 10 heteroatoms. The summed E-state index contributed by atoms with van der Waals surface area (Å²) in [6.07, 6.45) is 0.334. The molecule has 0 aromatic carbocycles. The highest BCUT2D eigenvalue weighted by Crippen LogP contribution is 2.03. The van der Waals surface area contributed by atoms with Crippen molar-refractivity contribution in [2.45, 2.75) is 74.2 Å². The summed E-state index contributed by atoms with van der Waals surface area (Å²) in [7, 11) is 3.09. The molecule has 0 radical (unpaired) electrons. The van der Waals surface area contributed by atoms with Crippen LogP contribution >= 0.6 is 24.0 Å². The van der Waals surface area contributed by atoms with Crippen molar-refractivity contribution in [1.82, 2.24) is 0 Å². The average molecular weight is 546 g/mol. The van der Waals surface area contributed by atoms with E-state index in [1.165, 1.54) is 0 Å². The molecule has 0 aliphatic carbocycles. The van der Waals surface area contributed by atoms with Crippen molar-refractivity contribution in [2.24, 2.45) is 0 Å². The van der Waals surface area contributed by atoms with Crippen LogP contribution in [0.5, 0.6) is 0 Å². The molecule has 0 bridgehead atoms. The SMILES string of the molecule is C.C.C.COCOC(C)CCC(=O)OCOC(C)CO.COCOC(C)CO.I. The lowest BCUT2D eigenvalue weighted by Gasteiger charge is -2.12. The summed E-state index contributed by atoms with van der Waals surface area (Å²) in [5.74, 6) is -0.344. The molecule has 9 nitrogen and oxygen atoms in total. The van der Waals surface area contributed by atoms with Gasteiger partial charge in [-0.05, 0) is 27.2 Å². The van der Waals surface area contributed by atoms with Crippen LogP contribution in [0.15, 0.2) is 0 Å². The number of rotatable bonds is 14. The Labute approximate surface area is 195 Å². The highest BCUT2D eigenvalue weighted by atomic mass is 127. The second kappa shape index (κ2) is 32.6. The van der Waals surface area contributed by atoms with E-state index >= 15 is 0 Å². The molecule has 184 valence electrons. The fraction of sp³-hybridized carbons (Fsp3) is 0.947. The fourth-order valence-electron chi connectivity index (χ4n) is 1.17. The van der Waals surface area contributed by atoms with Gasteiger partial charge in [0.1, 0.15) is 13.6 Å². The summed E-state index contributed by atoms with van der Waals surface area (Å²) in [6, 6.07) is 0. The number of hydrogen-bond donors (Lipinski definition) is 2. The van der Waals surface area contributed by atoms with Gasteiger partial charge in [-0.1, -0.05) is 22.3 Å². The van der Waals surface area contributed by atoms with E-state index in [0.29, 0.717) is 6.42 Å². The Morgan fingerprint density at radius 2 is 1.14 bits per heavy atom. The minimum Gasteiger partial charge on any atom is -0.438 e. The van der Waals surface area contributed by atoms with E-state index in [1.54, 1.807) is 28.1 Å². The Morgan fingerprint density at radius 3 is 1.52 bits per heavy atom. The van der Waals surface area contributed by atoms with E-state index in [-0.39, 0.29) is 111 Å². The molecular weight excluding hydrogens is 499 g/mol. The maximum atomic E-state index is 11.2. The monoisotopic (exact) mass is 546 g/mol. The third-order valence-electron chi connectivity index (χ3n) is 2.78. The Hall–Kier alpha value is -0.0800. The van der Waals surface area contributed by atoms with Crippen LogP contribution in [0.2, 0.25) is 0 Å². The standard InChI is InChI=1S/C11H22O6.C5H12O3.3CH4.HI/c1-9(15-7-14-3)4-5-11(13)17-8-16-10(2)6-12;1-5(3-6)8-4-7-2;;;;/h9-10,12H,4-8H2,1-3H3;5-6H,3-4H2,1-2H3;3*1H4;1H. The van der Waals surface area contributed by atoms with Gasteiger partial charge in [0, 0.05) is 20.6 Å². The molecule has 0 amide bonds. The van der Waals surface area contributed by atoms with Crippen molar-refractivity contribution in [1.29, 1.82) is 0 Å². The van der Waals surface area contributed by atoms with E-state index in [0.717, 1.165) is 0 Å². The van der Waals surface area contributed by atoms with E-state index in [2.05, 4.69) is 4.74 Å². The van der Waals surface area contributed by atoms with E-state index < -0.39 is 0 Å². The van der Waals surface area contributed by atoms with Crippen LogP contribution in [0.1, 0.15) is 55.9 Å². The molecule has 3 unspecified atom stereocenters. The van der Waals surface area contributed by atoms with Crippen LogP contribution in [0.4, 0.5) is 0 Å². The Bertz CT molecular complexity index is 297. The quantitative estimate of drug-likeness (QED) is 0.193. The number of hydrogen-bond acceptors (Lipinski definition) is 9. The zero-order valence-electron chi connectivity index (χ0n) is 16.3. The largest absolute Gasteiger partial charge is 0.438 e. The summed E-state index contributed by atoms with van der Waals surface area (Å²) in [5.41, 5.74) is 0. The second-order valence-electron chi connectivity index (χ2n) is 5.28. The van der Waals surface area contributed by atoms with Gasteiger partial charge in [-0.25, -0.2) is 0 Å². The number of esters is 1. The van der Waals surface area contributed by atoms with Gasteiger partial charge < -0.3 is 38.6 Å². The van der Waals surface area contributed by atoms with Crippen LogP contribution in [0, 0.1) is 0 Å². The van der Waals surface area contributed by atoms with E-state index in [9.17, 15) is 4.79 Å². The lowest BCUT2D eigenvalue weighted by molar-refractivity contribution is -0.162. The minimum absolute atomic E-state index is 0. The van der Waals surface area contributed by atoms with Crippen LogP contribution in [-0.4, -0.2) is 82.3 Å². The molecule has 0 spiro atoms. The average Bonchev–Trinajstić information content (AvgIpc) is 2.62. The smallest absolute Gasteiger partial charge is 0.307 e. The number of halogens is 1. The normalized spacial score (nSPS) is 12.2. The first-order valence-electron chi connectivity index (χ1n) is 8.11. The molecule has 3 atom stereocenters. The lowest BCUT2D eigenvalue weighted by atomic mass is 10.2. The number of methoxy groups -OCH3 is 2. The third kappa shape index (κ3) is 35.7. The number of aliphatic hydroxyl groups excluding tert-OH is 2. The summed E-state index contributed by atoms with van der Waals surface area (Å²) >= 11 is 0. The minimum atomic E-state index is -0.344. The molecule has 2 N–H and O–H groups in total. The van der Waals surface area contributed by atoms with E-state index in [1.807, 2.05) is 6.92 Å². The lowest BCUT2D eigenvalue weighted by Crippen LogP contribution is -2.18. The molecular formula is C19H47IO9. The van der Waals surface area contributed by atoms with Crippen LogP contribution in [0.25, 0.3) is 0 Å². The molecule has 0 saturated carbocycles. The molecule has 0 aromatic rings. The number of carbonyl (C=O) groups is 1. The summed E-state index contributed by atoms with van der Waals surface area (Å²) in [5, 5.41) is 17.0. The Morgan fingerprint density at radius 1 is 0.759 bits per heavy atom. The molecule has 0 aliphatic heterocycles. The summed E-state index contributed by atoms with van der Waals surface area (Å²) in [4.78, 5) is 11.2. The predicted molar refractivity (Wildman–Crippen MR) is 125 cm³/mol. The zero-order valence-corrected chi connectivity index (χ0v) is 18.7. The predicted octanol–water partition coefficient (Wildman–Crippen LogP) is 3.19. The van der Waals surface area contributed by atoms with Gasteiger partial charge in [-0.3, -0.25) is 4.79 Å². The highest BCUT2D eigenvalue weighted by Gasteiger charge is 2.08. The molecule has 0 aliphatic rings. The van der Waals surface area contributed by atoms with Crippen molar-refractivity contribution in [3.05, 3.63) is 0 Å². The first kappa shape index (κ1) is 42.9. The van der Waals surface area contributed by atoms with Crippen LogP contribution in [-0.2, 0) is 33.2 Å². The Kier molecular flexibility index (Phi) is 48.2. The first-order chi connectivity index (χ1) is 11.9. The van der Waals surface area contributed by atoms with Gasteiger partial charge in [0.2, 0.25) is 0 Å². The van der Waals surface area contributed by atoms with Gasteiger partial charge in [0.05, 0.1) is 31.5 Å². The Balaban J connectivity index is -0.0000000958. The summed E-state index contributed by atoms with van der Waals surface area (Å²) < 4.78 is 29.2. The van der Waals surface area contributed by atoms with Gasteiger partial charge in [-0.15, -0.1) is 24.0 Å². The molecule has 29 heavy (non-hydrogen) atoms. The van der Waals surface area contributed by atoms with Gasteiger partial charge in [0.15, 0.2) is 6.79 Å². The van der Waals surface area contributed by atoms with Crippen molar-refractivity contribution in [2.75, 3.05) is 47.8 Å². The topological polar surface area (TPSA) is 113 Å². The fourth-order valence-corrected chi connectivity index (χ4v) is 1.17. The maximum Gasteiger partial charge on any atom is 0.307 e. The molecule has 0 heterocycles. The maximum absolute atomic E-state index is 11.2. The van der Waals surface area contributed by atoms with Crippen molar-refractivity contribution in [3.63, 3.8) is 0 Å². The number of aliphatic hydroxyl groups is 2. The highest BCUT2D eigenvalue weighted by molar-refractivity contribution is 14.0. The molecule has 0 fully saturated rings. The van der Waals surface area contributed by atoms with Crippen molar-refractivity contribution >= 4 is 29.9 Å². The second-order valence-corrected chi connectivity index (χ2v) is 5.28. The number of carbonyl (C=O) groups excluding carboxylic acids is 1. The summed E-state index contributed by atoms with van der Waals surface area (Å²) in [6.45, 7) is 5.61. The van der Waals surface area contributed by atoms with Crippen molar-refractivity contribution < 1.29 is 43.4 Å². The van der Waals surface area contributed by atoms with Crippen molar-refractivity contribution in [3.8, 4) is 0 Å². The van der Waals surface area contributed by atoms with Crippen LogP contribution < -0.4 is 0 Å². The van der Waals surface area contributed by atoms with Crippen LogP contribution in [0.3, 0.4) is 0 Å². The molecule has 0 saturated heterocycles. The third-order valence-corrected chi connectivity index (χ3v) is 2.78. The van der Waals surface area contributed by atoms with Gasteiger partial charge >= 0.3 is 5.97 Å². The number of ether oxygens (including phenoxy) is 6.